The van der Waals surface area contributed by atoms with Gasteiger partial charge in [-0.15, -0.1) is 0 Å². The zero-order valence-electron chi connectivity index (χ0n) is 16.7. The molecule has 0 heterocycles. The summed E-state index contributed by atoms with van der Waals surface area (Å²) >= 11 is 0. The predicted molar refractivity (Wildman–Crippen MR) is 114 cm³/mol. The molecule has 0 amide bonds. The molecule has 0 radical (unpaired) electrons. The summed E-state index contributed by atoms with van der Waals surface area (Å²) in [6, 6.07) is 12.4. The number of nitrogens with zero attached hydrogens (tertiary/aromatic N) is 2. The molecule has 0 atom stereocenters. The van der Waals surface area contributed by atoms with Crippen LogP contribution < -0.4 is 0 Å². The Morgan fingerprint density at radius 1 is 0.857 bits per heavy atom. The third-order valence-electron chi connectivity index (χ3n) is 6.72. The Morgan fingerprint density at radius 3 is 2.04 bits per heavy atom. The van der Waals surface area contributed by atoms with Crippen molar-refractivity contribution in [3.8, 4) is 12.1 Å². The summed E-state index contributed by atoms with van der Waals surface area (Å²) < 4.78 is 0. The molecule has 0 unspecified atom stereocenters. The summed E-state index contributed by atoms with van der Waals surface area (Å²) in [6.07, 6.45) is 17.6. The van der Waals surface area contributed by atoms with Crippen molar-refractivity contribution in [2.24, 2.45) is 17.8 Å². The van der Waals surface area contributed by atoms with E-state index in [9.17, 15) is 0 Å². The number of allylic oxidation sites excluding steroid dienone is 5. The Hall–Kier alpha value is -2.58. The molecule has 0 aliphatic heterocycles. The van der Waals surface area contributed by atoms with E-state index in [4.69, 9.17) is 10.5 Å². The fourth-order valence-electron chi connectivity index (χ4n) is 4.96. The minimum Gasteiger partial charge on any atom is -0.193 e. The van der Waals surface area contributed by atoms with Gasteiger partial charge in [0.1, 0.15) is 0 Å². The van der Waals surface area contributed by atoms with E-state index in [0.717, 1.165) is 5.56 Å². The van der Waals surface area contributed by atoms with Gasteiger partial charge in [0, 0.05) is 6.08 Å². The van der Waals surface area contributed by atoms with Gasteiger partial charge in [0.05, 0.1) is 17.7 Å². The highest BCUT2D eigenvalue weighted by atomic mass is 14.3. The fraction of sp³-hybridized carbons (Fsp3) is 0.462. The Morgan fingerprint density at radius 2 is 1.46 bits per heavy atom. The average molecular weight is 371 g/mol. The molecule has 2 fully saturated rings. The van der Waals surface area contributed by atoms with Crippen LogP contribution in [0, 0.1) is 40.4 Å². The van der Waals surface area contributed by atoms with Gasteiger partial charge in [0.25, 0.3) is 0 Å². The third-order valence-corrected chi connectivity index (χ3v) is 6.72. The van der Waals surface area contributed by atoms with Crippen LogP contribution >= 0.6 is 0 Å². The number of rotatable bonds is 5. The number of nitriles is 2. The molecule has 2 saturated carbocycles. The van der Waals surface area contributed by atoms with Crippen molar-refractivity contribution in [1.82, 2.24) is 0 Å². The molecule has 1 aromatic carbocycles. The van der Waals surface area contributed by atoms with Crippen LogP contribution in [-0.4, -0.2) is 0 Å². The Balaban J connectivity index is 1.45. The van der Waals surface area contributed by atoms with Gasteiger partial charge in [-0.2, -0.15) is 10.5 Å². The lowest BCUT2D eigenvalue weighted by atomic mass is 9.70. The maximum atomic E-state index is 8.96. The molecule has 0 N–H and O–H groups in total. The Labute approximate surface area is 169 Å². The van der Waals surface area contributed by atoms with Crippen molar-refractivity contribution < 1.29 is 0 Å². The predicted octanol–water partition coefficient (Wildman–Crippen LogP) is 6.83. The van der Waals surface area contributed by atoms with Crippen molar-refractivity contribution in [2.75, 3.05) is 0 Å². The summed E-state index contributed by atoms with van der Waals surface area (Å²) in [5.74, 6) is 2.67. The second kappa shape index (κ2) is 10.1. The maximum absolute atomic E-state index is 8.96. The molecule has 1 aromatic rings. The van der Waals surface area contributed by atoms with Gasteiger partial charge in [-0.3, -0.25) is 0 Å². The van der Waals surface area contributed by atoms with E-state index in [1.54, 1.807) is 0 Å². The lowest BCUT2D eigenvalue weighted by Crippen LogP contribution is -2.22. The zero-order valence-corrected chi connectivity index (χ0v) is 16.7. The van der Waals surface area contributed by atoms with Gasteiger partial charge < -0.3 is 0 Å². The van der Waals surface area contributed by atoms with Crippen LogP contribution in [-0.2, 0) is 0 Å². The highest BCUT2D eigenvalue weighted by molar-refractivity contribution is 5.33. The van der Waals surface area contributed by atoms with Crippen LogP contribution in [0.5, 0.6) is 0 Å². The molecular formula is C26H30N2. The van der Waals surface area contributed by atoms with Crippen LogP contribution in [0.4, 0.5) is 0 Å². The van der Waals surface area contributed by atoms with Crippen molar-refractivity contribution in [3.05, 3.63) is 71.8 Å². The van der Waals surface area contributed by atoms with E-state index in [-0.39, 0.29) is 0 Å². The standard InChI is InChI=1S/C26H30N2/c1-20(23-10-6-21(7-11-23)5-3-2-4-18-27)24-14-16-26(17-15-24)25-12-8-22(19-28)9-13-25/h2-5,8-9,12-13,21,23-24,26H,1,6-7,10-11,14-17H2/b4-2+,5-3+/t21-,23-,24-,26-. The Bertz CT molecular complexity index is 784. The van der Waals surface area contributed by atoms with Crippen molar-refractivity contribution in [1.29, 1.82) is 10.5 Å². The van der Waals surface area contributed by atoms with Gasteiger partial charge in [0.2, 0.25) is 0 Å². The van der Waals surface area contributed by atoms with Crippen LogP contribution in [0.15, 0.2) is 60.7 Å². The second-order valence-electron chi connectivity index (χ2n) is 8.34. The van der Waals surface area contributed by atoms with Crippen molar-refractivity contribution in [3.63, 3.8) is 0 Å². The molecule has 0 bridgehead atoms. The van der Waals surface area contributed by atoms with Crippen LogP contribution in [0.3, 0.4) is 0 Å². The largest absolute Gasteiger partial charge is 0.193 e. The average Bonchev–Trinajstić information content (AvgIpc) is 2.77. The fourth-order valence-corrected chi connectivity index (χ4v) is 4.96. The maximum Gasteiger partial charge on any atom is 0.0991 e. The van der Waals surface area contributed by atoms with Crippen LogP contribution in [0.2, 0.25) is 0 Å². The molecule has 0 saturated heterocycles. The van der Waals surface area contributed by atoms with Gasteiger partial charge in [0.15, 0.2) is 0 Å². The quantitative estimate of drug-likeness (QED) is 0.324. The second-order valence-corrected chi connectivity index (χ2v) is 8.34. The van der Waals surface area contributed by atoms with Gasteiger partial charge >= 0.3 is 0 Å². The normalized spacial score (nSPS) is 28.1. The lowest BCUT2D eigenvalue weighted by molar-refractivity contribution is 0.290. The highest BCUT2D eigenvalue weighted by Gasteiger charge is 2.29. The first kappa shape index (κ1) is 20.2. The first-order valence-corrected chi connectivity index (χ1v) is 10.6. The minimum absolute atomic E-state index is 0.638. The molecule has 3 rings (SSSR count). The smallest absolute Gasteiger partial charge is 0.0991 e. The Kier molecular flexibility index (Phi) is 7.27. The highest BCUT2D eigenvalue weighted by Crippen LogP contribution is 2.43. The molecule has 28 heavy (non-hydrogen) atoms. The first-order valence-electron chi connectivity index (χ1n) is 10.6. The molecule has 0 aromatic heterocycles. The summed E-state index contributed by atoms with van der Waals surface area (Å²) in [5, 5.41) is 17.5. The van der Waals surface area contributed by atoms with E-state index in [1.807, 2.05) is 30.4 Å². The molecule has 2 aliphatic rings. The third kappa shape index (κ3) is 5.24. The number of hydrogen-bond acceptors (Lipinski definition) is 2. The van der Waals surface area contributed by atoms with Crippen LogP contribution in [0.25, 0.3) is 0 Å². The van der Waals surface area contributed by atoms with E-state index >= 15 is 0 Å². The SMILES string of the molecule is C=C([C@H]1CC[C@H](/C=C/C=C/C#N)CC1)[C@H]1CC[C@H](c2ccc(C#N)cc2)CC1. The number of hydrogen-bond donors (Lipinski definition) is 0. The van der Waals surface area contributed by atoms with E-state index in [2.05, 4.69) is 30.9 Å². The topological polar surface area (TPSA) is 47.6 Å². The summed E-state index contributed by atoms with van der Waals surface area (Å²) in [7, 11) is 0. The molecule has 2 aliphatic carbocycles. The first-order chi connectivity index (χ1) is 13.7. The monoisotopic (exact) mass is 370 g/mol. The van der Waals surface area contributed by atoms with Crippen molar-refractivity contribution >= 4 is 0 Å². The minimum atomic E-state index is 0.638. The molecular weight excluding hydrogens is 340 g/mol. The van der Waals surface area contributed by atoms with Crippen LogP contribution in [0.1, 0.15) is 68.4 Å². The molecule has 2 heteroatoms. The van der Waals surface area contributed by atoms with E-state index in [0.29, 0.717) is 23.7 Å². The summed E-state index contributed by atoms with van der Waals surface area (Å²) in [5.41, 5.74) is 3.64. The number of benzene rings is 1. The van der Waals surface area contributed by atoms with E-state index < -0.39 is 0 Å². The van der Waals surface area contributed by atoms with E-state index in [1.165, 1.54) is 68.6 Å². The van der Waals surface area contributed by atoms with Gasteiger partial charge in [-0.25, -0.2) is 0 Å². The van der Waals surface area contributed by atoms with Gasteiger partial charge in [-0.05, 0) is 92.7 Å². The molecule has 0 spiro atoms. The zero-order chi connectivity index (χ0) is 19.8. The summed E-state index contributed by atoms with van der Waals surface area (Å²) in [6.45, 7) is 4.53. The molecule has 2 nitrogen and oxygen atoms in total. The van der Waals surface area contributed by atoms with Crippen molar-refractivity contribution in [2.45, 2.75) is 57.3 Å². The van der Waals surface area contributed by atoms with Gasteiger partial charge in [-0.1, -0.05) is 42.5 Å². The molecule has 144 valence electrons. The summed E-state index contributed by atoms with van der Waals surface area (Å²) in [4.78, 5) is 0. The lowest BCUT2D eigenvalue weighted by Gasteiger charge is -2.36.